The Hall–Kier alpha value is -2.15. The van der Waals surface area contributed by atoms with Gasteiger partial charge in [-0.2, -0.15) is 0 Å². The molecule has 0 saturated carbocycles. The van der Waals surface area contributed by atoms with E-state index in [1.807, 2.05) is 0 Å². The molecule has 0 aromatic heterocycles. The molecule has 0 radical (unpaired) electrons. The number of nitro benzene ring substituents is 1. The monoisotopic (exact) mass is 258 g/mol. The second-order valence-electron chi connectivity index (χ2n) is 2.87. The van der Waals surface area contributed by atoms with Gasteiger partial charge in [0.1, 0.15) is 0 Å². The number of nitrogens with one attached hydrogen (secondary N) is 1. The zero-order valence-corrected chi connectivity index (χ0v) is 9.35. The first-order valence-electron chi connectivity index (χ1n) is 4.29. The van der Waals surface area contributed by atoms with Crippen molar-refractivity contribution in [3.8, 4) is 5.75 Å². The fourth-order valence-electron chi connectivity index (χ4n) is 1.14. The lowest BCUT2D eigenvalue weighted by Crippen LogP contribution is -2.25. The highest BCUT2D eigenvalue weighted by Crippen LogP contribution is 2.27. The van der Waals surface area contributed by atoms with Gasteiger partial charge in [0.15, 0.2) is 5.75 Å². The minimum absolute atomic E-state index is 0.0174. The van der Waals surface area contributed by atoms with Crippen molar-refractivity contribution in [1.29, 1.82) is 0 Å². The van der Waals surface area contributed by atoms with Crippen LogP contribution in [0.1, 0.15) is 10.4 Å². The number of benzene rings is 1. The van der Waals surface area contributed by atoms with E-state index in [0.717, 1.165) is 6.07 Å². The SMILES string of the molecule is COc1ccc(C(=O)NC(=O)Cl)cc1[N+](=O)[O-]. The van der Waals surface area contributed by atoms with Crippen LogP contribution >= 0.6 is 11.6 Å². The molecule has 8 heteroatoms. The molecular formula is C9H7ClN2O5. The molecule has 0 spiro atoms. The molecule has 1 aromatic rings. The highest BCUT2D eigenvalue weighted by Gasteiger charge is 2.18. The van der Waals surface area contributed by atoms with E-state index in [-0.39, 0.29) is 17.0 Å². The number of hydrogen-bond acceptors (Lipinski definition) is 5. The molecular weight excluding hydrogens is 252 g/mol. The van der Waals surface area contributed by atoms with E-state index in [4.69, 9.17) is 16.3 Å². The average Bonchev–Trinajstić information content (AvgIpc) is 2.27. The molecule has 1 N–H and O–H groups in total. The van der Waals surface area contributed by atoms with E-state index in [0.29, 0.717) is 0 Å². The Morgan fingerprint density at radius 1 is 1.47 bits per heavy atom. The van der Waals surface area contributed by atoms with Gasteiger partial charge in [-0.25, -0.2) is 0 Å². The second kappa shape index (κ2) is 5.26. The number of hydrogen-bond donors (Lipinski definition) is 1. The molecule has 1 aromatic carbocycles. The van der Waals surface area contributed by atoms with Crippen LogP contribution < -0.4 is 10.1 Å². The number of ether oxygens (including phenoxy) is 1. The minimum Gasteiger partial charge on any atom is -0.490 e. The Kier molecular flexibility index (Phi) is 4.00. The number of halogens is 1. The van der Waals surface area contributed by atoms with Crippen LogP contribution in [-0.2, 0) is 0 Å². The first kappa shape index (κ1) is 12.9. The molecule has 7 nitrogen and oxygen atoms in total. The van der Waals surface area contributed by atoms with Crippen molar-refractivity contribution in [2.75, 3.05) is 7.11 Å². The third-order valence-electron chi connectivity index (χ3n) is 1.85. The molecule has 2 amide bonds. The number of carbonyl (C=O) groups excluding carboxylic acids is 2. The Bertz CT molecular complexity index is 488. The predicted molar refractivity (Wildman–Crippen MR) is 58.4 cm³/mol. The lowest BCUT2D eigenvalue weighted by molar-refractivity contribution is -0.385. The zero-order chi connectivity index (χ0) is 13.0. The van der Waals surface area contributed by atoms with Gasteiger partial charge in [0.05, 0.1) is 12.0 Å². The van der Waals surface area contributed by atoms with Crippen molar-refractivity contribution in [2.45, 2.75) is 0 Å². The first-order valence-corrected chi connectivity index (χ1v) is 4.66. The fraction of sp³-hybridized carbons (Fsp3) is 0.111. The lowest BCUT2D eigenvalue weighted by atomic mass is 10.2. The molecule has 0 aliphatic rings. The van der Waals surface area contributed by atoms with Crippen LogP contribution in [0, 0.1) is 10.1 Å². The van der Waals surface area contributed by atoms with Gasteiger partial charge in [-0.15, -0.1) is 0 Å². The highest BCUT2D eigenvalue weighted by molar-refractivity contribution is 6.64. The van der Waals surface area contributed by atoms with Gasteiger partial charge in [-0.1, -0.05) is 0 Å². The number of nitrogens with zero attached hydrogens (tertiary/aromatic N) is 1. The van der Waals surface area contributed by atoms with Crippen molar-refractivity contribution in [2.24, 2.45) is 0 Å². The summed E-state index contributed by atoms with van der Waals surface area (Å²) < 4.78 is 4.76. The normalized spacial score (nSPS) is 9.53. The molecule has 0 aliphatic carbocycles. The molecule has 0 atom stereocenters. The van der Waals surface area contributed by atoms with E-state index in [2.05, 4.69) is 0 Å². The summed E-state index contributed by atoms with van der Waals surface area (Å²) in [7, 11) is 1.27. The molecule has 0 heterocycles. The van der Waals surface area contributed by atoms with E-state index < -0.39 is 16.2 Å². The van der Waals surface area contributed by atoms with E-state index in [1.165, 1.54) is 19.2 Å². The molecule has 0 aliphatic heterocycles. The maximum absolute atomic E-state index is 11.3. The third-order valence-corrected chi connectivity index (χ3v) is 1.94. The van der Waals surface area contributed by atoms with E-state index in [9.17, 15) is 19.7 Å². The van der Waals surface area contributed by atoms with Gasteiger partial charge >= 0.3 is 11.1 Å². The topological polar surface area (TPSA) is 98.5 Å². The number of carbonyl (C=O) groups is 2. The van der Waals surface area contributed by atoms with Gasteiger partial charge in [0.2, 0.25) is 0 Å². The second-order valence-corrected chi connectivity index (χ2v) is 3.21. The molecule has 0 bridgehead atoms. The summed E-state index contributed by atoms with van der Waals surface area (Å²) in [4.78, 5) is 31.8. The highest BCUT2D eigenvalue weighted by atomic mass is 35.5. The first-order chi connectivity index (χ1) is 7.95. The maximum atomic E-state index is 11.3. The number of nitro groups is 1. The quantitative estimate of drug-likeness (QED) is 0.385. The summed E-state index contributed by atoms with van der Waals surface area (Å²) in [6.45, 7) is 0. The fourth-order valence-corrected chi connectivity index (χ4v) is 1.22. The summed E-state index contributed by atoms with van der Waals surface area (Å²) in [6.07, 6.45) is 0. The summed E-state index contributed by atoms with van der Waals surface area (Å²) in [5.74, 6) is -0.806. The largest absolute Gasteiger partial charge is 0.490 e. The smallest absolute Gasteiger partial charge is 0.320 e. The van der Waals surface area contributed by atoms with Crippen LogP contribution in [0.4, 0.5) is 10.5 Å². The Balaban J connectivity index is 3.12. The predicted octanol–water partition coefficient (Wildman–Crippen LogP) is 1.69. The summed E-state index contributed by atoms with van der Waals surface area (Å²) in [5, 5.41) is 11.4. The van der Waals surface area contributed by atoms with Crippen molar-refractivity contribution < 1.29 is 19.2 Å². The summed E-state index contributed by atoms with van der Waals surface area (Å²) in [5.41, 5.74) is -0.436. The van der Waals surface area contributed by atoms with Crippen molar-refractivity contribution in [3.05, 3.63) is 33.9 Å². The maximum Gasteiger partial charge on any atom is 0.320 e. The van der Waals surface area contributed by atoms with Gasteiger partial charge in [0, 0.05) is 11.6 Å². The van der Waals surface area contributed by atoms with E-state index in [1.54, 1.807) is 5.32 Å². The average molecular weight is 259 g/mol. The minimum atomic E-state index is -1.06. The lowest BCUT2D eigenvalue weighted by Gasteiger charge is -2.04. The number of amides is 2. The Labute approximate surface area is 100 Å². The van der Waals surface area contributed by atoms with Crippen molar-refractivity contribution in [3.63, 3.8) is 0 Å². The molecule has 0 fully saturated rings. The number of methoxy groups -OCH3 is 1. The summed E-state index contributed by atoms with van der Waals surface area (Å²) in [6, 6.07) is 3.53. The number of imide groups is 1. The Morgan fingerprint density at radius 2 is 2.12 bits per heavy atom. The zero-order valence-electron chi connectivity index (χ0n) is 8.60. The molecule has 0 unspecified atom stereocenters. The van der Waals surface area contributed by atoms with Crippen LogP contribution in [0.2, 0.25) is 0 Å². The van der Waals surface area contributed by atoms with Crippen molar-refractivity contribution >= 4 is 28.6 Å². The van der Waals surface area contributed by atoms with Gasteiger partial charge in [-0.05, 0) is 23.7 Å². The van der Waals surface area contributed by atoms with Crippen molar-refractivity contribution in [1.82, 2.24) is 5.32 Å². The van der Waals surface area contributed by atoms with Crippen LogP contribution in [0.15, 0.2) is 18.2 Å². The Morgan fingerprint density at radius 3 is 2.59 bits per heavy atom. The molecule has 17 heavy (non-hydrogen) atoms. The van der Waals surface area contributed by atoms with Gasteiger partial charge < -0.3 is 4.74 Å². The third kappa shape index (κ3) is 3.15. The molecule has 0 saturated heterocycles. The van der Waals surface area contributed by atoms with Crippen LogP contribution in [0.3, 0.4) is 0 Å². The van der Waals surface area contributed by atoms with Crippen LogP contribution in [0.25, 0.3) is 0 Å². The summed E-state index contributed by atoms with van der Waals surface area (Å²) >= 11 is 4.95. The van der Waals surface area contributed by atoms with E-state index >= 15 is 0 Å². The van der Waals surface area contributed by atoms with Gasteiger partial charge in [0.25, 0.3) is 5.91 Å². The number of rotatable bonds is 3. The van der Waals surface area contributed by atoms with Gasteiger partial charge in [-0.3, -0.25) is 25.0 Å². The van der Waals surface area contributed by atoms with Crippen LogP contribution in [0.5, 0.6) is 5.75 Å². The van der Waals surface area contributed by atoms with Crippen LogP contribution in [-0.4, -0.2) is 23.3 Å². The standard InChI is InChI=1S/C9H7ClN2O5/c1-17-7-3-2-5(4-6(7)12(15)16)8(13)11-9(10)14/h2-4H,1H3,(H,11,13,14). The molecule has 90 valence electrons. The molecule has 1 rings (SSSR count).